The van der Waals surface area contributed by atoms with Crippen LogP contribution in [0.1, 0.15) is 27.7 Å². The van der Waals surface area contributed by atoms with Crippen LogP contribution in [-0.2, 0) is 4.79 Å². The molecule has 1 rings (SSSR count). The molecular formula is C11H20N2O. The summed E-state index contributed by atoms with van der Waals surface area (Å²) in [5.41, 5.74) is 0.929. The van der Waals surface area contributed by atoms with Crippen LogP contribution in [0.3, 0.4) is 0 Å². The van der Waals surface area contributed by atoms with Crippen LogP contribution in [0.5, 0.6) is 0 Å². The maximum Gasteiger partial charge on any atom is 0.243 e. The van der Waals surface area contributed by atoms with Crippen molar-refractivity contribution in [3.63, 3.8) is 0 Å². The average molecular weight is 196 g/mol. The molecule has 2 atom stereocenters. The summed E-state index contributed by atoms with van der Waals surface area (Å²) in [5.74, 6) is 0.762. The molecule has 3 heteroatoms. The van der Waals surface area contributed by atoms with Crippen LogP contribution in [0.15, 0.2) is 12.3 Å². The SMILES string of the molecule is C=C1NC(C(C)C)C(=O)NC1C(C)C. The standard InChI is InChI=1S/C11H20N2O/c1-6(2)9-8(5)12-10(7(3)4)11(14)13-9/h6-7,9-10,12H,5H2,1-4H3,(H,13,14). The zero-order chi connectivity index (χ0) is 10.9. The summed E-state index contributed by atoms with van der Waals surface area (Å²) in [6, 6.07) is -0.0602. The molecule has 2 N–H and O–H groups in total. The van der Waals surface area contributed by atoms with E-state index in [9.17, 15) is 4.79 Å². The smallest absolute Gasteiger partial charge is 0.243 e. The Balaban J connectivity index is 2.72. The van der Waals surface area contributed by atoms with E-state index in [1.54, 1.807) is 0 Å². The number of rotatable bonds is 2. The topological polar surface area (TPSA) is 41.1 Å². The Morgan fingerprint density at radius 3 is 2.00 bits per heavy atom. The second-order valence-electron chi connectivity index (χ2n) is 4.62. The van der Waals surface area contributed by atoms with Crippen molar-refractivity contribution in [3.8, 4) is 0 Å². The van der Waals surface area contributed by atoms with Gasteiger partial charge in [-0.2, -0.15) is 0 Å². The molecule has 0 aliphatic carbocycles. The third-order valence-corrected chi connectivity index (χ3v) is 2.63. The Morgan fingerprint density at radius 2 is 1.57 bits per heavy atom. The molecule has 0 aromatic carbocycles. The second kappa shape index (κ2) is 4.03. The van der Waals surface area contributed by atoms with Gasteiger partial charge in [-0.3, -0.25) is 4.79 Å². The molecule has 0 saturated carbocycles. The Labute approximate surface area is 86.0 Å². The lowest BCUT2D eigenvalue weighted by molar-refractivity contribution is -0.126. The normalized spacial score (nSPS) is 27.9. The fraction of sp³-hybridized carbons (Fsp3) is 0.727. The van der Waals surface area contributed by atoms with Crippen LogP contribution >= 0.6 is 0 Å². The van der Waals surface area contributed by atoms with E-state index >= 15 is 0 Å². The lowest BCUT2D eigenvalue weighted by Crippen LogP contribution is -2.59. The molecule has 1 saturated heterocycles. The van der Waals surface area contributed by atoms with E-state index in [1.807, 2.05) is 13.8 Å². The van der Waals surface area contributed by atoms with Crippen molar-refractivity contribution in [1.29, 1.82) is 0 Å². The zero-order valence-electron chi connectivity index (χ0n) is 9.42. The first-order valence-electron chi connectivity index (χ1n) is 5.19. The van der Waals surface area contributed by atoms with E-state index in [-0.39, 0.29) is 18.0 Å². The summed E-state index contributed by atoms with van der Waals surface area (Å²) >= 11 is 0. The van der Waals surface area contributed by atoms with Crippen LogP contribution in [0.2, 0.25) is 0 Å². The van der Waals surface area contributed by atoms with Crippen molar-refractivity contribution in [2.45, 2.75) is 39.8 Å². The third kappa shape index (κ3) is 2.08. The predicted molar refractivity (Wildman–Crippen MR) is 57.7 cm³/mol. The molecule has 1 heterocycles. The summed E-state index contributed by atoms with van der Waals surface area (Å²) in [6.45, 7) is 12.2. The second-order valence-corrected chi connectivity index (χ2v) is 4.62. The molecule has 0 radical (unpaired) electrons. The average Bonchev–Trinajstić information content (AvgIpc) is 2.07. The number of piperazine rings is 1. The number of carbonyl (C=O) groups is 1. The fourth-order valence-electron chi connectivity index (χ4n) is 1.72. The van der Waals surface area contributed by atoms with Crippen LogP contribution in [0.25, 0.3) is 0 Å². The fourth-order valence-corrected chi connectivity index (χ4v) is 1.72. The van der Waals surface area contributed by atoms with E-state index in [0.29, 0.717) is 11.8 Å². The van der Waals surface area contributed by atoms with Crippen molar-refractivity contribution >= 4 is 5.91 Å². The molecule has 0 bridgehead atoms. The quantitative estimate of drug-likeness (QED) is 0.698. The van der Waals surface area contributed by atoms with Gasteiger partial charge in [-0.1, -0.05) is 34.3 Å². The lowest BCUT2D eigenvalue weighted by Gasteiger charge is -2.36. The summed E-state index contributed by atoms with van der Waals surface area (Å²) in [7, 11) is 0. The minimum atomic E-state index is -0.127. The molecular weight excluding hydrogens is 176 g/mol. The first kappa shape index (κ1) is 11.1. The first-order chi connectivity index (χ1) is 6.43. The summed E-state index contributed by atoms with van der Waals surface area (Å²) in [5, 5.41) is 6.19. The van der Waals surface area contributed by atoms with Crippen LogP contribution < -0.4 is 10.6 Å². The van der Waals surface area contributed by atoms with Gasteiger partial charge in [0.15, 0.2) is 0 Å². The van der Waals surface area contributed by atoms with Gasteiger partial charge in [0, 0.05) is 5.70 Å². The number of hydrogen-bond donors (Lipinski definition) is 2. The number of amides is 1. The molecule has 0 spiro atoms. The summed E-state index contributed by atoms with van der Waals surface area (Å²) in [4.78, 5) is 11.7. The molecule has 0 aromatic heterocycles. The zero-order valence-corrected chi connectivity index (χ0v) is 9.42. The third-order valence-electron chi connectivity index (χ3n) is 2.63. The van der Waals surface area contributed by atoms with Gasteiger partial charge in [-0.15, -0.1) is 0 Å². The van der Waals surface area contributed by atoms with Gasteiger partial charge in [-0.05, 0) is 11.8 Å². The molecule has 0 aromatic rings. The molecule has 1 aliphatic rings. The predicted octanol–water partition coefficient (Wildman–Crippen LogP) is 1.27. The highest BCUT2D eigenvalue weighted by molar-refractivity contribution is 5.84. The Hall–Kier alpha value is -0.990. The molecule has 80 valence electrons. The van der Waals surface area contributed by atoms with Crippen LogP contribution in [0.4, 0.5) is 0 Å². The highest BCUT2D eigenvalue weighted by Crippen LogP contribution is 2.16. The number of hydrogen-bond acceptors (Lipinski definition) is 2. The maximum atomic E-state index is 11.7. The van der Waals surface area contributed by atoms with Crippen molar-refractivity contribution in [2.75, 3.05) is 0 Å². The highest BCUT2D eigenvalue weighted by Gasteiger charge is 2.32. The number of carbonyl (C=O) groups excluding carboxylic acids is 1. The number of nitrogens with one attached hydrogen (secondary N) is 2. The van der Waals surface area contributed by atoms with Gasteiger partial charge in [0.1, 0.15) is 6.04 Å². The molecule has 1 fully saturated rings. The Bertz CT molecular complexity index is 220. The van der Waals surface area contributed by atoms with Crippen molar-refractivity contribution in [1.82, 2.24) is 10.6 Å². The van der Waals surface area contributed by atoms with E-state index in [2.05, 4.69) is 31.1 Å². The Kier molecular flexibility index (Phi) is 3.19. The van der Waals surface area contributed by atoms with Crippen LogP contribution in [0, 0.1) is 11.8 Å². The van der Waals surface area contributed by atoms with Crippen molar-refractivity contribution in [2.24, 2.45) is 11.8 Å². The minimum absolute atomic E-state index is 0.0671. The molecule has 1 amide bonds. The van der Waals surface area contributed by atoms with E-state index in [0.717, 1.165) is 5.70 Å². The highest BCUT2D eigenvalue weighted by atomic mass is 16.2. The van der Waals surface area contributed by atoms with Gasteiger partial charge in [-0.25, -0.2) is 0 Å². The molecule has 2 unspecified atom stereocenters. The van der Waals surface area contributed by atoms with Crippen molar-refractivity contribution in [3.05, 3.63) is 12.3 Å². The summed E-state index contributed by atoms with van der Waals surface area (Å²) in [6.07, 6.45) is 0. The Morgan fingerprint density at radius 1 is 1.07 bits per heavy atom. The van der Waals surface area contributed by atoms with Gasteiger partial charge in [0.25, 0.3) is 0 Å². The largest absolute Gasteiger partial charge is 0.376 e. The van der Waals surface area contributed by atoms with E-state index < -0.39 is 0 Å². The molecule has 14 heavy (non-hydrogen) atoms. The first-order valence-corrected chi connectivity index (χ1v) is 5.19. The molecule has 1 aliphatic heterocycles. The lowest BCUT2D eigenvalue weighted by atomic mass is 9.94. The summed E-state index contributed by atoms with van der Waals surface area (Å²) < 4.78 is 0. The van der Waals surface area contributed by atoms with Gasteiger partial charge in [0.2, 0.25) is 5.91 Å². The van der Waals surface area contributed by atoms with Crippen LogP contribution in [-0.4, -0.2) is 18.0 Å². The van der Waals surface area contributed by atoms with Gasteiger partial charge >= 0.3 is 0 Å². The van der Waals surface area contributed by atoms with Gasteiger partial charge in [0.05, 0.1) is 6.04 Å². The minimum Gasteiger partial charge on any atom is -0.376 e. The van der Waals surface area contributed by atoms with E-state index in [1.165, 1.54) is 0 Å². The van der Waals surface area contributed by atoms with Crippen molar-refractivity contribution < 1.29 is 4.79 Å². The maximum absolute atomic E-state index is 11.7. The van der Waals surface area contributed by atoms with Gasteiger partial charge < -0.3 is 10.6 Å². The monoisotopic (exact) mass is 196 g/mol. The van der Waals surface area contributed by atoms with E-state index in [4.69, 9.17) is 0 Å². The molecule has 3 nitrogen and oxygen atoms in total.